The van der Waals surface area contributed by atoms with E-state index in [-0.39, 0.29) is 12.3 Å². The fourth-order valence-corrected chi connectivity index (χ4v) is 4.08. The number of aliphatic hydroxyl groups excluding tert-OH is 1. The van der Waals surface area contributed by atoms with E-state index in [1.54, 1.807) is 23.3 Å². The number of nitrogens with one attached hydrogen (secondary N) is 2. The van der Waals surface area contributed by atoms with Crippen molar-refractivity contribution in [3.63, 3.8) is 0 Å². The number of aliphatic hydroxyl groups is 1. The first-order chi connectivity index (χ1) is 16.5. The Hall–Kier alpha value is -3.89. The predicted molar refractivity (Wildman–Crippen MR) is 126 cm³/mol. The molecule has 10 nitrogen and oxygen atoms in total. The molecule has 4 aromatic rings. The van der Waals surface area contributed by atoms with Crippen LogP contribution in [0.4, 0.5) is 5.82 Å². The quantitative estimate of drug-likeness (QED) is 0.401. The number of fused-ring (bicyclic) bond motifs is 1. The maximum Gasteiger partial charge on any atom is 0.251 e. The Morgan fingerprint density at radius 1 is 1.24 bits per heavy atom. The third-order valence-electron chi connectivity index (χ3n) is 5.90. The molecule has 3 aromatic heterocycles. The zero-order chi connectivity index (χ0) is 23.7. The number of hydrogen-bond acceptors (Lipinski definition) is 8. The molecule has 1 aromatic carbocycles. The van der Waals surface area contributed by atoms with Crippen LogP contribution in [0.25, 0.3) is 22.6 Å². The van der Waals surface area contributed by atoms with Crippen molar-refractivity contribution < 1.29 is 14.6 Å². The normalized spacial score (nSPS) is 19.9. The molecule has 10 heteroatoms. The number of pyridine rings is 1. The van der Waals surface area contributed by atoms with E-state index in [0.29, 0.717) is 29.4 Å². The molecule has 0 unspecified atom stereocenters. The fraction of sp³-hybridized carbons (Fsp3) is 0.292. The molecule has 174 valence electrons. The molecule has 0 saturated carbocycles. The minimum Gasteiger partial charge on any atom is -0.390 e. The number of carbonyl (C=O) groups excluding carboxylic acids is 1. The van der Waals surface area contributed by atoms with E-state index in [9.17, 15) is 9.90 Å². The number of ether oxygens (including phenoxy) is 1. The summed E-state index contributed by atoms with van der Waals surface area (Å²) in [5.41, 5.74) is 4.02. The van der Waals surface area contributed by atoms with Crippen LogP contribution >= 0.6 is 0 Å². The summed E-state index contributed by atoms with van der Waals surface area (Å²) in [6, 6.07) is 11.9. The van der Waals surface area contributed by atoms with Crippen LogP contribution in [0.3, 0.4) is 0 Å². The number of likely N-dealkylation sites (N-methyl/N-ethyl adjacent to an activating group) is 1. The van der Waals surface area contributed by atoms with E-state index < -0.39 is 18.4 Å². The van der Waals surface area contributed by atoms with Crippen LogP contribution in [0, 0.1) is 6.92 Å². The Morgan fingerprint density at radius 2 is 2.06 bits per heavy atom. The van der Waals surface area contributed by atoms with Crippen LogP contribution < -0.4 is 10.6 Å². The second-order valence-electron chi connectivity index (χ2n) is 8.18. The first kappa shape index (κ1) is 21.9. The van der Waals surface area contributed by atoms with Gasteiger partial charge in [0.25, 0.3) is 5.91 Å². The number of carbonyl (C=O) groups is 1. The number of hydrogen-bond donors (Lipinski definition) is 3. The minimum absolute atomic E-state index is 0.240. The predicted octanol–water partition coefficient (Wildman–Crippen LogP) is 2.20. The lowest BCUT2D eigenvalue weighted by atomic mass is 10.1. The van der Waals surface area contributed by atoms with Crippen LogP contribution in [0.1, 0.15) is 23.8 Å². The van der Waals surface area contributed by atoms with Gasteiger partial charge in [0.05, 0.1) is 12.4 Å². The highest BCUT2D eigenvalue weighted by Crippen LogP contribution is 2.33. The summed E-state index contributed by atoms with van der Waals surface area (Å²) >= 11 is 0. The van der Waals surface area contributed by atoms with Crippen LogP contribution in [-0.2, 0) is 16.1 Å². The SMILES string of the molecule is CNC(=O)[C@H]1O[C@@H](n2cnc3c(NCc4ccccc4)nc(-c4ccncc4C)nc32)C[C@@H]1O. The van der Waals surface area contributed by atoms with Crippen molar-refractivity contribution in [2.45, 2.75) is 38.3 Å². The third-order valence-corrected chi connectivity index (χ3v) is 5.90. The molecule has 1 amide bonds. The monoisotopic (exact) mass is 459 g/mol. The number of anilines is 1. The van der Waals surface area contributed by atoms with E-state index in [0.717, 1.165) is 16.7 Å². The Morgan fingerprint density at radius 3 is 2.82 bits per heavy atom. The number of amides is 1. The Labute approximate surface area is 196 Å². The third kappa shape index (κ3) is 4.09. The number of nitrogens with zero attached hydrogens (tertiary/aromatic N) is 5. The van der Waals surface area contributed by atoms with Gasteiger partial charge in [-0.15, -0.1) is 0 Å². The second kappa shape index (κ2) is 9.16. The zero-order valence-electron chi connectivity index (χ0n) is 18.8. The van der Waals surface area contributed by atoms with Gasteiger partial charge >= 0.3 is 0 Å². The average Bonchev–Trinajstić information content (AvgIpc) is 3.46. The lowest BCUT2D eigenvalue weighted by molar-refractivity contribution is -0.137. The maximum atomic E-state index is 12.1. The van der Waals surface area contributed by atoms with Gasteiger partial charge in [0, 0.05) is 38.0 Å². The first-order valence-corrected chi connectivity index (χ1v) is 11.0. The average molecular weight is 460 g/mol. The van der Waals surface area contributed by atoms with E-state index in [2.05, 4.69) is 20.6 Å². The molecular formula is C24H25N7O3. The number of benzene rings is 1. The molecule has 1 fully saturated rings. The Balaban J connectivity index is 1.57. The van der Waals surface area contributed by atoms with Crippen LogP contribution in [0.2, 0.25) is 0 Å². The van der Waals surface area contributed by atoms with Crippen molar-refractivity contribution in [1.82, 2.24) is 29.8 Å². The zero-order valence-corrected chi connectivity index (χ0v) is 18.8. The molecular weight excluding hydrogens is 434 g/mol. The van der Waals surface area contributed by atoms with Gasteiger partial charge in [0.2, 0.25) is 0 Å². The summed E-state index contributed by atoms with van der Waals surface area (Å²) in [4.78, 5) is 30.4. The van der Waals surface area contributed by atoms with Crippen molar-refractivity contribution in [2.24, 2.45) is 0 Å². The largest absolute Gasteiger partial charge is 0.390 e. The molecule has 0 radical (unpaired) electrons. The summed E-state index contributed by atoms with van der Waals surface area (Å²) in [6.07, 6.45) is 2.85. The molecule has 1 saturated heterocycles. The Kier molecular flexibility index (Phi) is 5.91. The van der Waals surface area contributed by atoms with E-state index in [1.807, 2.05) is 43.3 Å². The van der Waals surface area contributed by atoms with Crippen molar-refractivity contribution in [3.8, 4) is 11.4 Å². The summed E-state index contributed by atoms with van der Waals surface area (Å²) in [5.74, 6) is 0.735. The molecule has 1 aliphatic rings. The highest BCUT2D eigenvalue weighted by molar-refractivity contribution is 5.85. The summed E-state index contributed by atoms with van der Waals surface area (Å²) in [7, 11) is 1.51. The number of imidazole rings is 1. The van der Waals surface area contributed by atoms with Gasteiger partial charge in [-0.05, 0) is 24.1 Å². The lowest BCUT2D eigenvalue weighted by Crippen LogP contribution is -2.38. The highest BCUT2D eigenvalue weighted by Gasteiger charge is 2.40. The molecule has 0 spiro atoms. The van der Waals surface area contributed by atoms with Crippen molar-refractivity contribution in [2.75, 3.05) is 12.4 Å². The number of rotatable bonds is 6. The number of aromatic nitrogens is 5. The second-order valence-corrected chi connectivity index (χ2v) is 8.18. The van der Waals surface area contributed by atoms with Crippen LogP contribution in [0.15, 0.2) is 55.1 Å². The Bertz CT molecular complexity index is 1320. The van der Waals surface area contributed by atoms with Gasteiger partial charge in [-0.1, -0.05) is 30.3 Å². The van der Waals surface area contributed by atoms with Crippen molar-refractivity contribution in [3.05, 3.63) is 66.2 Å². The fourth-order valence-electron chi connectivity index (χ4n) is 4.08. The van der Waals surface area contributed by atoms with E-state index in [4.69, 9.17) is 14.7 Å². The van der Waals surface area contributed by atoms with Gasteiger partial charge < -0.3 is 20.5 Å². The minimum atomic E-state index is -0.952. The van der Waals surface area contributed by atoms with Gasteiger partial charge in [-0.2, -0.15) is 0 Å². The van der Waals surface area contributed by atoms with E-state index in [1.165, 1.54) is 7.05 Å². The molecule has 0 bridgehead atoms. The van der Waals surface area contributed by atoms with Gasteiger partial charge in [0.1, 0.15) is 6.23 Å². The summed E-state index contributed by atoms with van der Waals surface area (Å²) in [5, 5.41) is 16.3. The maximum absolute atomic E-state index is 12.1. The molecule has 3 atom stereocenters. The molecule has 34 heavy (non-hydrogen) atoms. The van der Waals surface area contributed by atoms with E-state index >= 15 is 0 Å². The topological polar surface area (TPSA) is 127 Å². The molecule has 4 heterocycles. The van der Waals surface area contributed by atoms with Crippen molar-refractivity contribution >= 4 is 22.9 Å². The molecule has 5 rings (SSSR count). The summed E-state index contributed by atoms with van der Waals surface area (Å²) in [6.45, 7) is 2.51. The molecule has 3 N–H and O–H groups in total. The van der Waals surface area contributed by atoms with Gasteiger partial charge in [-0.25, -0.2) is 15.0 Å². The highest BCUT2D eigenvalue weighted by atomic mass is 16.5. The number of aryl methyl sites for hydroxylation is 1. The molecule has 0 aliphatic carbocycles. The first-order valence-electron chi connectivity index (χ1n) is 11.0. The van der Waals surface area contributed by atoms with Gasteiger partial charge in [-0.3, -0.25) is 14.3 Å². The molecule has 1 aliphatic heterocycles. The van der Waals surface area contributed by atoms with Crippen LogP contribution in [-0.4, -0.2) is 54.8 Å². The standard InChI is InChI=1S/C24H25N7O3/c1-14-11-26-9-8-16(14)21-29-22(27-12-15-6-4-3-5-7-15)19-23(30-21)31(13-28-19)18-10-17(32)20(34-18)24(33)25-2/h3-9,11,13,17-18,20,32H,10,12H2,1-2H3,(H,25,33)(H,27,29,30)/t17-,18+,20-/m0/s1. The lowest BCUT2D eigenvalue weighted by Gasteiger charge is -2.15. The van der Waals surface area contributed by atoms with Gasteiger partial charge in [0.15, 0.2) is 28.9 Å². The smallest absolute Gasteiger partial charge is 0.251 e. The summed E-state index contributed by atoms with van der Waals surface area (Å²) < 4.78 is 7.63. The van der Waals surface area contributed by atoms with Crippen molar-refractivity contribution in [1.29, 1.82) is 0 Å². The van der Waals surface area contributed by atoms with Crippen LogP contribution in [0.5, 0.6) is 0 Å².